The van der Waals surface area contributed by atoms with Crippen LogP contribution in [0.5, 0.6) is 0 Å². The van der Waals surface area contributed by atoms with Crippen molar-refractivity contribution in [3.8, 4) is 0 Å². The first-order valence-electron chi connectivity index (χ1n) is 8.22. The normalized spacial score (nSPS) is 14.3. The lowest BCUT2D eigenvalue weighted by Crippen LogP contribution is -2.30. The molecule has 0 radical (unpaired) electrons. The van der Waals surface area contributed by atoms with Gasteiger partial charge in [0.1, 0.15) is 5.82 Å². The van der Waals surface area contributed by atoms with Gasteiger partial charge in [-0.15, -0.1) is 0 Å². The van der Waals surface area contributed by atoms with E-state index in [1.54, 1.807) is 0 Å². The van der Waals surface area contributed by atoms with Crippen molar-refractivity contribution in [2.75, 3.05) is 23.3 Å². The number of halogens is 3. The monoisotopic (exact) mass is 381 g/mol. The van der Waals surface area contributed by atoms with Gasteiger partial charge in [0.05, 0.1) is 0 Å². The van der Waals surface area contributed by atoms with Crippen molar-refractivity contribution in [3.05, 3.63) is 47.7 Å². The van der Waals surface area contributed by atoms with Gasteiger partial charge in [-0.2, -0.15) is 18.2 Å². The van der Waals surface area contributed by atoms with Crippen molar-refractivity contribution in [2.45, 2.75) is 25.6 Å². The quantitative estimate of drug-likeness (QED) is 0.790. The van der Waals surface area contributed by atoms with Crippen molar-refractivity contribution in [1.82, 2.24) is 15.3 Å². The van der Waals surface area contributed by atoms with Crippen LogP contribution in [0.15, 0.2) is 36.4 Å². The molecule has 2 N–H and O–H groups in total. The Morgan fingerprint density at radius 1 is 1.12 bits per heavy atom. The van der Waals surface area contributed by atoms with Gasteiger partial charge in [-0.3, -0.25) is 0 Å². The van der Waals surface area contributed by atoms with E-state index in [-0.39, 0.29) is 16.9 Å². The highest BCUT2D eigenvalue weighted by atomic mass is 32.1. The number of benzene rings is 1. The van der Waals surface area contributed by atoms with Gasteiger partial charge < -0.3 is 15.5 Å². The van der Waals surface area contributed by atoms with E-state index in [0.29, 0.717) is 19.6 Å². The van der Waals surface area contributed by atoms with Crippen LogP contribution in [0.1, 0.15) is 24.1 Å². The van der Waals surface area contributed by atoms with E-state index in [2.05, 4.69) is 20.6 Å². The van der Waals surface area contributed by atoms with Crippen molar-refractivity contribution in [1.29, 1.82) is 0 Å². The molecule has 1 fully saturated rings. The molecule has 0 amide bonds. The van der Waals surface area contributed by atoms with E-state index in [0.717, 1.165) is 24.5 Å². The molecule has 9 heteroatoms. The molecule has 26 heavy (non-hydrogen) atoms. The minimum atomic E-state index is -4.55. The summed E-state index contributed by atoms with van der Waals surface area (Å²) >= 11 is 5.15. The highest BCUT2D eigenvalue weighted by molar-refractivity contribution is 7.80. The number of nitrogens with zero attached hydrogens (tertiary/aromatic N) is 3. The molecule has 1 aromatic heterocycles. The molecule has 0 atom stereocenters. The van der Waals surface area contributed by atoms with Crippen molar-refractivity contribution < 1.29 is 13.2 Å². The predicted octanol–water partition coefficient (Wildman–Crippen LogP) is 3.58. The number of alkyl halides is 3. The fourth-order valence-electron chi connectivity index (χ4n) is 2.67. The number of rotatable bonds is 4. The van der Waals surface area contributed by atoms with E-state index in [1.165, 1.54) is 0 Å². The lowest BCUT2D eigenvalue weighted by Gasteiger charge is -2.19. The Labute approximate surface area is 154 Å². The van der Waals surface area contributed by atoms with Crippen LogP contribution in [0.2, 0.25) is 0 Å². The van der Waals surface area contributed by atoms with Crippen LogP contribution in [0.3, 0.4) is 0 Å². The summed E-state index contributed by atoms with van der Waals surface area (Å²) in [4.78, 5) is 9.59. The number of hydrogen-bond donors (Lipinski definition) is 2. The molecular formula is C17H18F3N5S. The third-order valence-corrected chi connectivity index (χ3v) is 4.20. The smallest absolute Gasteiger partial charge is 0.358 e. The molecule has 0 aliphatic carbocycles. The van der Waals surface area contributed by atoms with Gasteiger partial charge in [-0.1, -0.05) is 30.3 Å². The fraction of sp³-hybridized carbons (Fsp3) is 0.353. The molecule has 0 unspecified atom stereocenters. The maximum absolute atomic E-state index is 13.2. The molecule has 1 aliphatic rings. The Morgan fingerprint density at radius 2 is 1.81 bits per heavy atom. The first-order chi connectivity index (χ1) is 12.4. The van der Waals surface area contributed by atoms with E-state index in [1.807, 2.05) is 35.2 Å². The van der Waals surface area contributed by atoms with Gasteiger partial charge >= 0.3 is 6.18 Å². The summed E-state index contributed by atoms with van der Waals surface area (Å²) in [6.45, 7) is 1.82. The Hall–Kier alpha value is -2.42. The van der Waals surface area contributed by atoms with Gasteiger partial charge in [0.25, 0.3) is 0 Å². The number of thiocarbonyl (C=S) groups is 1. The second-order valence-electron chi connectivity index (χ2n) is 5.92. The van der Waals surface area contributed by atoms with Gasteiger partial charge in [0, 0.05) is 25.7 Å². The van der Waals surface area contributed by atoms with Crippen LogP contribution in [-0.2, 0) is 12.7 Å². The first-order valence-corrected chi connectivity index (χ1v) is 8.62. The van der Waals surface area contributed by atoms with E-state index in [4.69, 9.17) is 12.2 Å². The Balaban J connectivity index is 1.73. The Morgan fingerprint density at radius 3 is 2.46 bits per heavy atom. The number of hydrogen-bond acceptors (Lipinski definition) is 4. The van der Waals surface area contributed by atoms with E-state index in [9.17, 15) is 13.2 Å². The summed E-state index contributed by atoms with van der Waals surface area (Å²) in [6.07, 6.45) is -2.68. The summed E-state index contributed by atoms with van der Waals surface area (Å²) < 4.78 is 39.5. The maximum Gasteiger partial charge on any atom is 0.433 e. The minimum absolute atomic E-state index is 0.160. The zero-order valence-electron chi connectivity index (χ0n) is 13.9. The summed E-state index contributed by atoms with van der Waals surface area (Å²) in [5, 5.41) is 5.77. The zero-order valence-corrected chi connectivity index (χ0v) is 14.7. The van der Waals surface area contributed by atoms with Crippen LogP contribution in [0.25, 0.3) is 0 Å². The van der Waals surface area contributed by atoms with Crippen molar-refractivity contribution in [3.63, 3.8) is 0 Å². The van der Waals surface area contributed by atoms with E-state index < -0.39 is 11.9 Å². The van der Waals surface area contributed by atoms with Crippen LogP contribution in [-0.4, -0.2) is 28.2 Å². The first kappa shape index (κ1) is 18.4. The predicted molar refractivity (Wildman–Crippen MR) is 98.0 cm³/mol. The third-order valence-electron chi connectivity index (χ3n) is 3.95. The molecule has 0 saturated carbocycles. The standard InChI is InChI=1S/C17H18F3N5S/c18-17(19,20)13-10-14(25-8-4-5-9-25)23-15(22-13)24-16(26)21-11-12-6-2-1-3-7-12/h1-3,6-7,10H,4-5,8-9,11H2,(H2,21,22,23,24,26). The summed E-state index contributed by atoms with van der Waals surface area (Å²) in [7, 11) is 0. The molecule has 138 valence electrons. The molecule has 1 aromatic carbocycles. The zero-order chi connectivity index (χ0) is 18.6. The molecule has 0 bridgehead atoms. The summed E-state index contributed by atoms with van der Waals surface area (Å²) in [5.41, 5.74) is 0.0159. The molecule has 3 rings (SSSR count). The molecule has 1 saturated heterocycles. The van der Waals surface area contributed by atoms with Crippen LogP contribution < -0.4 is 15.5 Å². The van der Waals surface area contributed by atoms with Crippen LogP contribution in [0.4, 0.5) is 24.9 Å². The van der Waals surface area contributed by atoms with Gasteiger partial charge in [0.15, 0.2) is 10.8 Å². The topological polar surface area (TPSA) is 53.1 Å². The maximum atomic E-state index is 13.2. The number of anilines is 2. The van der Waals surface area contributed by atoms with Gasteiger partial charge in [-0.05, 0) is 30.6 Å². The van der Waals surface area contributed by atoms with Gasteiger partial charge in [-0.25, -0.2) is 4.98 Å². The minimum Gasteiger partial charge on any atom is -0.358 e. The van der Waals surface area contributed by atoms with Gasteiger partial charge in [0.2, 0.25) is 5.95 Å². The van der Waals surface area contributed by atoms with Crippen molar-refractivity contribution >= 4 is 29.1 Å². The molecular weight excluding hydrogens is 363 g/mol. The second-order valence-corrected chi connectivity index (χ2v) is 6.33. The summed E-state index contributed by atoms with van der Waals surface area (Å²) in [5.74, 6) is 0.102. The highest BCUT2D eigenvalue weighted by Crippen LogP contribution is 2.31. The Kier molecular flexibility index (Phi) is 5.55. The SMILES string of the molecule is FC(F)(F)c1cc(N2CCCC2)nc(NC(=S)NCc2ccccc2)n1. The average molecular weight is 381 g/mol. The lowest BCUT2D eigenvalue weighted by atomic mass is 10.2. The van der Waals surface area contributed by atoms with Crippen LogP contribution >= 0.6 is 12.2 Å². The second kappa shape index (κ2) is 7.86. The molecule has 2 heterocycles. The lowest BCUT2D eigenvalue weighted by molar-refractivity contribution is -0.141. The molecule has 0 spiro atoms. The largest absolute Gasteiger partial charge is 0.433 e. The Bertz CT molecular complexity index is 761. The van der Waals surface area contributed by atoms with E-state index >= 15 is 0 Å². The third kappa shape index (κ3) is 4.81. The molecule has 5 nitrogen and oxygen atoms in total. The number of aromatic nitrogens is 2. The molecule has 1 aliphatic heterocycles. The number of nitrogens with one attached hydrogen (secondary N) is 2. The van der Waals surface area contributed by atoms with Crippen molar-refractivity contribution in [2.24, 2.45) is 0 Å². The summed E-state index contributed by atoms with van der Waals surface area (Å²) in [6, 6.07) is 10.5. The van der Waals surface area contributed by atoms with Crippen LogP contribution in [0, 0.1) is 0 Å². The molecule has 2 aromatic rings. The highest BCUT2D eigenvalue weighted by Gasteiger charge is 2.34. The fourth-order valence-corrected chi connectivity index (χ4v) is 2.83. The average Bonchev–Trinajstić information content (AvgIpc) is 3.14.